The molecule has 0 N–H and O–H groups in total. The van der Waals surface area contributed by atoms with Gasteiger partial charge in [-0.2, -0.15) is 0 Å². The summed E-state index contributed by atoms with van der Waals surface area (Å²) in [4.78, 5) is 17.5. The lowest BCUT2D eigenvalue weighted by Gasteiger charge is -2.21. The number of pyridine rings is 1. The maximum absolute atomic E-state index is 11.5. The van der Waals surface area contributed by atoms with Crippen LogP contribution in [-0.2, 0) is 16.1 Å². The van der Waals surface area contributed by atoms with Crippen LogP contribution < -0.4 is 0 Å². The Kier molecular flexibility index (Phi) is 7.13. The highest BCUT2D eigenvalue weighted by atomic mass is 35.5. The van der Waals surface area contributed by atoms with Crippen LogP contribution >= 0.6 is 23.2 Å². The second-order valence-electron chi connectivity index (χ2n) is 4.11. The first-order valence-corrected chi connectivity index (χ1v) is 7.00. The highest BCUT2D eigenvalue weighted by Crippen LogP contribution is 2.20. The van der Waals surface area contributed by atoms with Crippen LogP contribution in [0.2, 0.25) is 10.2 Å². The van der Waals surface area contributed by atoms with Gasteiger partial charge in [0.25, 0.3) is 0 Å². The minimum atomic E-state index is -0.228. The molecule has 0 bridgehead atoms. The smallest absolute Gasteiger partial charge is 0.320 e. The summed E-state index contributed by atoms with van der Waals surface area (Å²) in [6, 6.07) is 1.60. The number of hydrogen-bond donors (Lipinski definition) is 0. The lowest BCUT2D eigenvalue weighted by molar-refractivity contribution is -0.144. The number of aromatic nitrogens is 1. The average molecular weight is 305 g/mol. The first-order valence-electron chi connectivity index (χ1n) is 6.24. The monoisotopic (exact) mass is 304 g/mol. The zero-order chi connectivity index (χ0) is 14.3. The molecule has 0 aliphatic heterocycles. The van der Waals surface area contributed by atoms with Crippen LogP contribution in [0.3, 0.4) is 0 Å². The summed E-state index contributed by atoms with van der Waals surface area (Å²) in [6.07, 6.45) is 2.58. The third-order valence-corrected chi connectivity index (χ3v) is 3.05. The zero-order valence-electron chi connectivity index (χ0n) is 11.2. The fourth-order valence-electron chi connectivity index (χ4n) is 1.71. The Bertz CT molecular complexity index is 427. The Labute approximate surface area is 123 Å². The van der Waals surface area contributed by atoms with Gasteiger partial charge in [0.1, 0.15) is 5.15 Å². The Balaban J connectivity index is 2.69. The molecule has 0 saturated carbocycles. The average Bonchev–Trinajstić information content (AvgIpc) is 2.33. The van der Waals surface area contributed by atoms with Crippen molar-refractivity contribution in [3.63, 3.8) is 0 Å². The van der Waals surface area contributed by atoms with E-state index in [9.17, 15) is 4.79 Å². The zero-order valence-corrected chi connectivity index (χ0v) is 12.7. The molecule has 0 aromatic carbocycles. The third kappa shape index (κ3) is 5.76. The van der Waals surface area contributed by atoms with E-state index in [0.717, 1.165) is 18.5 Å². The van der Waals surface area contributed by atoms with Crippen LogP contribution in [0, 0.1) is 0 Å². The number of rotatable bonds is 7. The molecule has 0 aliphatic carbocycles. The van der Waals surface area contributed by atoms with Crippen molar-refractivity contribution in [2.75, 3.05) is 19.7 Å². The maximum atomic E-state index is 11.5. The van der Waals surface area contributed by atoms with Crippen LogP contribution in [0.15, 0.2) is 12.3 Å². The van der Waals surface area contributed by atoms with Crippen molar-refractivity contribution < 1.29 is 9.53 Å². The summed E-state index contributed by atoms with van der Waals surface area (Å²) >= 11 is 11.9. The number of ether oxygens (including phenoxy) is 1. The van der Waals surface area contributed by atoms with Crippen molar-refractivity contribution in [2.24, 2.45) is 0 Å². The van der Waals surface area contributed by atoms with Crippen LogP contribution in [-0.4, -0.2) is 35.5 Å². The van der Waals surface area contributed by atoms with E-state index < -0.39 is 0 Å². The molecule has 0 saturated heterocycles. The predicted molar refractivity (Wildman–Crippen MR) is 76.5 cm³/mol. The Morgan fingerprint density at radius 3 is 2.74 bits per heavy atom. The molecule has 0 radical (unpaired) electrons. The molecule has 0 aliphatic rings. The Morgan fingerprint density at radius 1 is 1.42 bits per heavy atom. The first kappa shape index (κ1) is 16.2. The van der Waals surface area contributed by atoms with Gasteiger partial charge in [-0.05, 0) is 26.0 Å². The Morgan fingerprint density at radius 2 is 2.16 bits per heavy atom. The van der Waals surface area contributed by atoms with Gasteiger partial charge in [0.15, 0.2) is 0 Å². The van der Waals surface area contributed by atoms with Gasteiger partial charge >= 0.3 is 5.97 Å². The normalized spacial score (nSPS) is 10.8. The van der Waals surface area contributed by atoms with Crippen molar-refractivity contribution in [3.8, 4) is 0 Å². The van der Waals surface area contributed by atoms with Crippen LogP contribution in [0.1, 0.15) is 25.8 Å². The van der Waals surface area contributed by atoms with Gasteiger partial charge in [-0.1, -0.05) is 30.1 Å². The van der Waals surface area contributed by atoms with Crippen molar-refractivity contribution in [1.82, 2.24) is 9.88 Å². The van der Waals surface area contributed by atoms with Crippen molar-refractivity contribution in [2.45, 2.75) is 26.8 Å². The van der Waals surface area contributed by atoms with E-state index in [-0.39, 0.29) is 12.5 Å². The molecule has 0 amide bonds. The van der Waals surface area contributed by atoms with Gasteiger partial charge in [-0.25, -0.2) is 4.98 Å². The standard InChI is InChI=1S/C13H18Cl2N2O2/c1-3-5-17(9-13(18)19-4-2)8-10-7-16-12(15)6-11(10)14/h6-7H,3-5,8-9H2,1-2H3. The highest BCUT2D eigenvalue weighted by molar-refractivity contribution is 6.34. The van der Waals surface area contributed by atoms with Crippen LogP contribution in [0.4, 0.5) is 0 Å². The second-order valence-corrected chi connectivity index (χ2v) is 4.91. The summed E-state index contributed by atoms with van der Waals surface area (Å²) in [6.45, 7) is 5.83. The summed E-state index contributed by atoms with van der Waals surface area (Å²) in [5, 5.41) is 0.922. The van der Waals surface area contributed by atoms with Crippen LogP contribution in [0.5, 0.6) is 0 Å². The fraction of sp³-hybridized carbons (Fsp3) is 0.538. The molecule has 1 rings (SSSR count). The number of esters is 1. The predicted octanol–water partition coefficient (Wildman–Crippen LogP) is 3.16. The topological polar surface area (TPSA) is 42.4 Å². The molecule has 0 unspecified atom stereocenters. The van der Waals surface area contributed by atoms with Crippen molar-refractivity contribution >= 4 is 29.2 Å². The minimum Gasteiger partial charge on any atom is -0.465 e. The lowest BCUT2D eigenvalue weighted by Crippen LogP contribution is -2.31. The molecule has 1 aromatic rings. The van der Waals surface area contributed by atoms with Crippen molar-refractivity contribution in [1.29, 1.82) is 0 Å². The Hall–Kier alpha value is -0.840. The molecule has 0 atom stereocenters. The van der Waals surface area contributed by atoms with Crippen molar-refractivity contribution in [3.05, 3.63) is 28.0 Å². The summed E-state index contributed by atoms with van der Waals surface area (Å²) < 4.78 is 4.96. The largest absolute Gasteiger partial charge is 0.465 e. The van der Waals surface area contributed by atoms with Gasteiger partial charge in [-0.3, -0.25) is 9.69 Å². The number of nitrogens with zero attached hydrogens (tertiary/aromatic N) is 2. The molecule has 106 valence electrons. The lowest BCUT2D eigenvalue weighted by atomic mass is 10.2. The second kappa shape index (κ2) is 8.35. The maximum Gasteiger partial charge on any atom is 0.320 e. The van der Waals surface area contributed by atoms with E-state index in [0.29, 0.717) is 23.3 Å². The molecule has 0 spiro atoms. The number of carbonyl (C=O) groups excluding carboxylic acids is 1. The van der Waals surface area contributed by atoms with Gasteiger partial charge in [-0.15, -0.1) is 0 Å². The fourth-order valence-corrected chi connectivity index (χ4v) is 2.14. The van der Waals surface area contributed by atoms with E-state index in [1.807, 2.05) is 4.90 Å². The van der Waals surface area contributed by atoms with E-state index in [2.05, 4.69) is 11.9 Å². The van der Waals surface area contributed by atoms with Crippen LogP contribution in [0.25, 0.3) is 0 Å². The number of carbonyl (C=O) groups is 1. The third-order valence-electron chi connectivity index (χ3n) is 2.49. The molecular formula is C13H18Cl2N2O2. The van der Waals surface area contributed by atoms with Gasteiger partial charge in [0.05, 0.1) is 13.2 Å². The summed E-state index contributed by atoms with van der Waals surface area (Å²) in [7, 11) is 0. The summed E-state index contributed by atoms with van der Waals surface area (Å²) in [5.74, 6) is -0.228. The van der Waals surface area contributed by atoms with Gasteiger partial charge in [0.2, 0.25) is 0 Å². The molecule has 6 heteroatoms. The highest BCUT2D eigenvalue weighted by Gasteiger charge is 2.13. The van der Waals surface area contributed by atoms with Gasteiger partial charge < -0.3 is 4.74 Å². The van der Waals surface area contributed by atoms with E-state index in [4.69, 9.17) is 27.9 Å². The SMILES string of the molecule is CCCN(CC(=O)OCC)Cc1cnc(Cl)cc1Cl. The number of hydrogen-bond acceptors (Lipinski definition) is 4. The molecule has 1 aromatic heterocycles. The first-order chi connectivity index (χ1) is 9.06. The van der Waals surface area contributed by atoms with E-state index in [1.165, 1.54) is 0 Å². The quantitative estimate of drug-likeness (QED) is 0.573. The van der Waals surface area contributed by atoms with E-state index in [1.54, 1.807) is 19.2 Å². The minimum absolute atomic E-state index is 0.228. The van der Waals surface area contributed by atoms with Gasteiger partial charge in [0, 0.05) is 23.3 Å². The molecule has 1 heterocycles. The molecular weight excluding hydrogens is 287 g/mol. The molecule has 19 heavy (non-hydrogen) atoms. The number of halogens is 2. The van der Waals surface area contributed by atoms with E-state index >= 15 is 0 Å². The molecule has 0 fully saturated rings. The molecule has 4 nitrogen and oxygen atoms in total. The summed E-state index contributed by atoms with van der Waals surface area (Å²) in [5.41, 5.74) is 0.851.